The molecule has 0 heterocycles. The minimum absolute atomic E-state index is 1.07. The molecule has 3 rings (SSSR count). The number of hydrogen-bond donors (Lipinski definition) is 0. The Bertz CT molecular complexity index is 579. The van der Waals surface area contributed by atoms with Crippen LogP contribution in [0.5, 0.6) is 0 Å². The Morgan fingerprint density at radius 3 is 2.67 bits per heavy atom. The highest BCUT2D eigenvalue weighted by molar-refractivity contribution is 9.10. The molecule has 1 aliphatic carbocycles. The van der Waals surface area contributed by atoms with Gasteiger partial charge in [0, 0.05) is 4.47 Å². The molecule has 0 unspecified atom stereocenters. The lowest BCUT2D eigenvalue weighted by molar-refractivity contribution is 1.32. The van der Waals surface area contributed by atoms with E-state index in [0.29, 0.717) is 0 Å². The summed E-state index contributed by atoms with van der Waals surface area (Å²) in [6, 6.07) is 10.8. The van der Waals surface area contributed by atoms with Crippen molar-refractivity contribution >= 4 is 32.3 Å². The Hall–Kier alpha value is -1.08. The molecular weight excluding hydrogens is 248 g/mol. The molecule has 1 heteroatoms. The molecule has 0 spiro atoms. The van der Waals surface area contributed by atoms with Crippen LogP contribution in [-0.2, 0) is 6.42 Å². The molecule has 15 heavy (non-hydrogen) atoms. The van der Waals surface area contributed by atoms with Crippen molar-refractivity contribution in [2.24, 2.45) is 0 Å². The predicted molar refractivity (Wildman–Crippen MR) is 69.0 cm³/mol. The maximum atomic E-state index is 3.65. The summed E-state index contributed by atoms with van der Waals surface area (Å²) in [6.45, 7) is 2.20. The highest BCUT2D eigenvalue weighted by atomic mass is 79.9. The fourth-order valence-electron chi connectivity index (χ4n) is 2.38. The van der Waals surface area contributed by atoms with E-state index >= 15 is 0 Å². The lowest BCUT2D eigenvalue weighted by atomic mass is 9.98. The largest absolute Gasteiger partial charge is 0.0765 e. The lowest BCUT2D eigenvalue weighted by Crippen LogP contribution is -1.87. The van der Waals surface area contributed by atoms with Gasteiger partial charge in [-0.2, -0.15) is 0 Å². The summed E-state index contributed by atoms with van der Waals surface area (Å²) >= 11 is 3.65. The monoisotopic (exact) mass is 258 g/mol. The van der Waals surface area contributed by atoms with Gasteiger partial charge in [0.15, 0.2) is 0 Å². The summed E-state index contributed by atoms with van der Waals surface area (Å²) in [5, 5.41) is 2.68. The number of rotatable bonds is 0. The van der Waals surface area contributed by atoms with Crippen LogP contribution in [0.25, 0.3) is 16.3 Å². The van der Waals surface area contributed by atoms with Gasteiger partial charge in [-0.05, 0) is 46.9 Å². The van der Waals surface area contributed by atoms with E-state index < -0.39 is 0 Å². The summed E-state index contributed by atoms with van der Waals surface area (Å²) in [4.78, 5) is 0. The third-order valence-corrected chi connectivity index (χ3v) is 3.75. The quantitative estimate of drug-likeness (QED) is 0.650. The molecule has 0 atom stereocenters. The topological polar surface area (TPSA) is 0 Å². The van der Waals surface area contributed by atoms with Gasteiger partial charge >= 0.3 is 0 Å². The van der Waals surface area contributed by atoms with E-state index in [1.54, 1.807) is 0 Å². The number of benzene rings is 2. The van der Waals surface area contributed by atoms with Gasteiger partial charge in [-0.25, -0.2) is 0 Å². The van der Waals surface area contributed by atoms with Crippen LogP contribution in [0, 0.1) is 0 Å². The Morgan fingerprint density at radius 2 is 1.87 bits per heavy atom. The lowest BCUT2D eigenvalue weighted by Gasteiger charge is -2.09. The molecule has 0 bridgehead atoms. The van der Waals surface area contributed by atoms with Crippen molar-refractivity contribution in [3.63, 3.8) is 0 Å². The first kappa shape index (κ1) is 9.17. The van der Waals surface area contributed by atoms with Crippen molar-refractivity contribution < 1.29 is 0 Å². The van der Waals surface area contributed by atoms with E-state index in [1.807, 2.05) is 0 Å². The van der Waals surface area contributed by atoms with Gasteiger partial charge in [0.05, 0.1) is 0 Å². The molecule has 2 aromatic rings. The van der Waals surface area contributed by atoms with Crippen LogP contribution in [0.15, 0.2) is 40.9 Å². The second-order valence-electron chi connectivity index (χ2n) is 4.03. The summed E-state index contributed by atoms with van der Waals surface area (Å²) in [6.07, 6.45) is 3.38. The average molecular weight is 259 g/mol. The van der Waals surface area contributed by atoms with Crippen LogP contribution in [0.1, 0.15) is 18.1 Å². The normalized spacial score (nSPS) is 14.1. The standard InChI is InChI=1S/C14H11Br/c1-9-6-7-10-8-13(15)11-4-2-3-5-12(11)14(9)10/h2-6,8H,7H2,1H3. The van der Waals surface area contributed by atoms with Crippen LogP contribution < -0.4 is 0 Å². The molecule has 0 aliphatic heterocycles. The molecular formula is C14H11Br. The van der Waals surface area contributed by atoms with Crippen molar-refractivity contribution in [1.29, 1.82) is 0 Å². The van der Waals surface area contributed by atoms with Gasteiger partial charge in [-0.15, -0.1) is 0 Å². The first-order valence-corrected chi connectivity index (χ1v) is 5.94. The zero-order valence-corrected chi connectivity index (χ0v) is 10.1. The van der Waals surface area contributed by atoms with Crippen molar-refractivity contribution in [2.45, 2.75) is 13.3 Å². The Labute approximate surface area is 97.7 Å². The fourth-order valence-corrected chi connectivity index (χ4v) is 3.00. The van der Waals surface area contributed by atoms with Crippen LogP contribution in [0.3, 0.4) is 0 Å². The predicted octanol–water partition coefficient (Wildman–Crippen LogP) is 4.56. The van der Waals surface area contributed by atoms with Gasteiger partial charge in [0.1, 0.15) is 0 Å². The van der Waals surface area contributed by atoms with E-state index in [0.717, 1.165) is 6.42 Å². The Balaban J connectivity index is 2.50. The second kappa shape index (κ2) is 3.21. The van der Waals surface area contributed by atoms with Gasteiger partial charge in [0.25, 0.3) is 0 Å². The number of allylic oxidation sites excluding steroid dienone is 2. The third kappa shape index (κ3) is 1.26. The maximum Gasteiger partial charge on any atom is 0.0257 e. The molecule has 0 saturated carbocycles. The van der Waals surface area contributed by atoms with Crippen LogP contribution in [-0.4, -0.2) is 0 Å². The third-order valence-electron chi connectivity index (χ3n) is 3.10. The van der Waals surface area contributed by atoms with Crippen LogP contribution in [0.2, 0.25) is 0 Å². The first-order valence-electron chi connectivity index (χ1n) is 5.14. The van der Waals surface area contributed by atoms with Crippen molar-refractivity contribution in [2.75, 3.05) is 0 Å². The molecule has 0 aromatic heterocycles. The van der Waals surface area contributed by atoms with Crippen molar-refractivity contribution in [1.82, 2.24) is 0 Å². The molecule has 74 valence electrons. The zero-order chi connectivity index (χ0) is 10.4. The minimum Gasteiger partial charge on any atom is -0.0765 e. The van der Waals surface area contributed by atoms with Gasteiger partial charge in [-0.1, -0.05) is 46.3 Å². The smallest absolute Gasteiger partial charge is 0.0257 e. The second-order valence-corrected chi connectivity index (χ2v) is 4.88. The van der Waals surface area contributed by atoms with E-state index in [4.69, 9.17) is 0 Å². The summed E-state index contributed by atoms with van der Waals surface area (Å²) in [7, 11) is 0. The molecule has 0 fully saturated rings. The van der Waals surface area contributed by atoms with Gasteiger partial charge in [-0.3, -0.25) is 0 Å². The molecule has 0 amide bonds. The van der Waals surface area contributed by atoms with E-state index in [9.17, 15) is 0 Å². The number of fused-ring (bicyclic) bond motifs is 3. The number of halogens is 1. The maximum absolute atomic E-state index is 3.65. The van der Waals surface area contributed by atoms with Gasteiger partial charge < -0.3 is 0 Å². The number of hydrogen-bond acceptors (Lipinski definition) is 0. The fraction of sp³-hybridized carbons (Fsp3) is 0.143. The molecule has 0 saturated heterocycles. The Kier molecular flexibility index (Phi) is 1.96. The molecule has 0 radical (unpaired) electrons. The zero-order valence-electron chi connectivity index (χ0n) is 8.55. The van der Waals surface area contributed by atoms with Crippen molar-refractivity contribution in [3.05, 3.63) is 52.0 Å². The molecule has 2 aromatic carbocycles. The van der Waals surface area contributed by atoms with Crippen LogP contribution in [0.4, 0.5) is 0 Å². The van der Waals surface area contributed by atoms with E-state index in [2.05, 4.69) is 59.3 Å². The Morgan fingerprint density at radius 1 is 1.13 bits per heavy atom. The van der Waals surface area contributed by atoms with Crippen molar-refractivity contribution in [3.8, 4) is 0 Å². The summed E-state index contributed by atoms with van der Waals surface area (Å²) in [5.41, 5.74) is 4.29. The van der Waals surface area contributed by atoms with E-state index in [-0.39, 0.29) is 0 Å². The highest BCUT2D eigenvalue weighted by Gasteiger charge is 2.15. The first-order chi connectivity index (χ1) is 7.27. The molecule has 1 aliphatic rings. The molecule has 0 nitrogen and oxygen atoms in total. The van der Waals surface area contributed by atoms with E-state index in [1.165, 1.54) is 31.9 Å². The van der Waals surface area contributed by atoms with Gasteiger partial charge in [0.2, 0.25) is 0 Å². The average Bonchev–Trinajstić information content (AvgIpc) is 2.61. The highest BCUT2D eigenvalue weighted by Crippen LogP contribution is 2.37. The summed E-state index contributed by atoms with van der Waals surface area (Å²) in [5.74, 6) is 0. The molecule has 0 N–H and O–H groups in total. The SMILES string of the molecule is CC1=CCc2cc(Br)c3ccccc3c21. The minimum atomic E-state index is 1.07. The summed E-state index contributed by atoms with van der Waals surface area (Å²) < 4.78 is 1.21. The van der Waals surface area contributed by atoms with Crippen LogP contribution >= 0.6 is 15.9 Å².